The molecule has 0 aliphatic carbocycles. The number of nitrogens with zero attached hydrogens (tertiary/aromatic N) is 1. The zero-order valence-electron chi connectivity index (χ0n) is 14.6. The number of anilines is 1. The van der Waals surface area contributed by atoms with Crippen LogP contribution in [0.3, 0.4) is 0 Å². The van der Waals surface area contributed by atoms with Gasteiger partial charge in [-0.05, 0) is 60.5 Å². The maximum atomic E-state index is 12.7. The van der Waals surface area contributed by atoms with Gasteiger partial charge < -0.3 is 5.32 Å². The third-order valence-corrected chi connectivity index (χ3v) is 7.04. The fourth-order valence-corrected chi connectivity index (χ4v) is 5.17. The zero-order valence-corrected chi connectivity index (χ0v) is 16.2. The molecule has 1 fully saturated rings. The summed E-state index contributed by atoms with van der Waals surface area (Å²) in [4.78, 5) is 13.2. The summed E-state index contributed by atoms with van der Waals surface area (Å²) in [5, 5.41) is 4.68. The number of amides is 1. The van der Waals surface area contributed by atoms with E-state index in [2.05, 4.69) is 12.2 Å². The monoisotopic (exact) mass is 390 g/mol. The van der Waals surface area contributed by atoms with Gasteiger partial charge in [0.15, 0.2) is 0 Å². The number of sulfonamides is 1. The van der Waals surface area contributed by atoms with E-state index in [0.717, 1.165) is 17.7 Å². The van der Waals surface area contributed by atoms with Crippen LogP contribution in [0.2, 0.25) is 0 Å². The van der Waals surface area contributed by atoms with Crippen molar-refractivity contribution in [2.45, 2.75) is 24.7 Å². The molecule has 3 rings (SSSR count). The number of rotatable bonds is 5. The summed E-state index contributed by atoms with van der Waals surface area (Å²) in [7, 11) is -3.47. The number of nitrogens with one attached hydrogen (secondary N) is 1. The molecule has 0 spiro atoms. The highest BCUT2D eigenvalue weighted by Crippen LogP contribution is 2.24. The van der Waals surface area contributed by atoms with Crippen molar-refractivity contribution in [2.24, 2.45) is 5.92 Å². The standard InChI is InChI=1S/C19H22N2O3S2/c1-15-4-2-12-21(14-15)26(23,24)18-9-6-16(7-10-18)20-19(22)11-8-17-5-3-13-25-17/h3,5-11,13,15H,2,4,12,14H2,1H3,(H,20,22)/b11-8+. The highest BCUT2D eigenvalue weighted by atomic mass is 32.2. The van der Waals surface area contributed by atoms with E-state index in [0.29, 0.717) is 24.7 Å². The second kappa shape index (κ2) is 8.16. The van der Waals surface area contributed by atoms with Gasteiger partial charge in [0.05, 0.1) is 4.90 Å². The van der Waals surface area contributed by atoms with Gasteiger partial charge in [-0.3, -0.25) is 4.79 Å². The molecule has 138 valence electrons. The fraction of sp³-hybridized carbons (Fsp3) is 0.316. The van der Waals surface area contributed by atoms with E-state index in [4.69, 9.17) is 0 Å². The molecule has 1 N–H and O–H groups in total. The van der Waals surface area contributed by atoms with Crippen LogP contribution in [-0.2, 0) is 14.8 Å². The van der Waals surface area contributed by atoms with Gasteiger partial charge in [-0.2, -0.15) is 4.31 Å². The smallest absolute Gasteiger partial charge is 0.248 e. The van der Waals surface area contributed by atoms with Gasteiger partial charge in [0.25, 0.3) is 0 Å². The minimum atomic E-state index is -3.47. The Bertz CT molecular complexity index is 872. The summed E-state index contributed by atoms with van der Waals surface area (Å²) in [6.07, 6.45) is 5.17. The first kappa shape index (κ1) is 18.8. The molecule has 2 heterocycles. The first-order chi connectivity index (χ1) is 12.4. The quantitative estimate of drug-likeness (QED) is 0.789. The molecule has 2 aromatic rings. The summed E-state index contributed by atoms with van der Waals surface area (Å²) >= 11 is 1.55. The lowest BCUT2D eigenvalue weighted by Gasteiger charge is -2.30. The third kappa shape index (κ3) is 4.60. The lowest BCUT2D eigenvalue weighted by atomic mass is 10.0. The van der Waals surface area contributed by atoms with Gasteiger partial charge in [0.1, 0.15) is 0 Å². The van der Waals surface area contributed by atoms with Gasteiger partial charge >= 0.3 is 0 Å². The van der Waals surface area contributed by atoms with Crippen LogP contribution in [-0.4, -0.2) is 31.7 Å². The number of carbonyl (C=O) groups excluding carboxylic acids is 1. The van der Waals surface area contributed by atoms with E-state index in [9.17, 15) is 13.2 Å². The first-order valence-electron chi connectivity index (χ1n) is 8.58. The van der Waals surface area contributed by atoms with E-state index < -0.39 is 10.0 Å². The Morgan fingerprint density at radius 3 is 2.69 bits per heavy atom. The van der Waals surface area contributed by atoms with Crippen molar-refractivity contribution in [1.82, 2.24) is 4.31 Å². The van der Waals surface area contributed by atoms with Crippen LogP contribution < -0.4 is 5.32 Å². The highest BCUT2D eigenvalue weighted by molar-refractivity contribution is 7.89. The van der Waals surface area contributed by atoms with Crippen LogP contribution in [0.15, 0.2) is 52.7 Å². The normalized spacial score (nSPS) is 18.9. The van der Waals surface area contributed by atoms with E-state index in [1.165, 1.54) is 6.08 Å². The minimum absolute atomic E-state index is 0.251. The topological polar surface area (TPSA) is 66.5 Å². The Morgan fingerprint density at radius 2 is 2.04 bits per heavy atom. The lowest BCUT2D eigenvalue weighted by Crippen LogP contribution is -2.39. The largest absolute Gasteiger partial charge is 0.323 e. The molecule has 0 bridgehead atoms. The number of piperidine rings is 1. The average molecular weight is 391 g/mol. The molecule has 7 heteroatoms. The highest BCUT2D eigenvalue weighted by Gasteiger charge is 2.28. The molecule has 1 aromatic heterocycles. The summed E-state index contributed by atoms with van der Waals surface area (Å²) in [5.41, 5.74) is 0.566. The Labute approximate surface area is 158 Å². The van der Waals surface area contributed by atoms with Crippen LogP contribution >= 0.6 is 11.3 Å². The molecular formula is C19H22N2O3S2. The second-order valence-electron chi connectivity index (χ2n) is 6.47. The second-order valence-corrected chi connectivity index (χ2v) is 9.39. The van der Waals surface area contributed by atoms with Gasteiger partial charge in [0.2, 0.25) is 15.9 Å². The van der Waals surface area contributed by atoms with Gasteiger partial charge in [-0.25, -0.2) is 8.42 Å². The van der Waals surface area contributed by atoms with Gasteiger partial charge in [-0.1, -0.05) is 13.0 Å². The fourth-order valence-electron chi connectivity index (χ4n) is 2.95. The summed E-state index contributed by atoms with van der Waals surface area (Å²) < 4.78 is 27.0. The van der Waals surface area contributed by atoms with E-state index in [1.807, 2.05) is 17.5 Å². The Hall–Kier alpha value is -1.96. The van der Waals surface area contributed by atoms with Gasteiger partial charge in [-0.15, -0.1) is 11.3 Å². The molecule has 1 aliphatic rings. The molecular weight excluding hydrogens is 368 g/mol. The van der Waals surface area contributed by atoms with Crippen molar-refractivity contribution >= 4 is 39.0 Å². The van der Waals surface area contributed by atoms with Crippen molar-refractivity contribution in [2.75, 3.05) is 18.4 Å². The van der Waals surface area contributed by atoms with E-state index in [-0.39, 0.29) is 10.8 Å². The number of benzene rings is 1. The Balaban J connectivity index is 1.65. The molecule has 26 heavy (non-hydrogen) atoms. The molecule has 1 aromatic carbocycles. The van der Waals surface area contributed by atoms with Gasteiger partial charge in [0, 0.05) is 29.7 Å². The van der Waals surface area contributed by atoms with Crippen molar-refractivity contribution in [3.63, 3.8) is 0 Å². The molecule has 1 atom stereocenters. The predicted octanol–water partition coefficient (Wildman–Crippen LogP) is 3.82. The van der Waals surface area contributed by atoms with Crippen LogP contribution in [0.1, 0.15) is 24.6 Å². The SMILES string of the molecule is CC1CCCN(S(=O)(=O)c2ccc(NC(=O)/C=C/c3cccs3)cc2)C1. The first-order valence-corrected chi connectivity index (χ1v) is 10.9. The van der Waals surface area contributed by atoms with E-state index >= 15 is 0 Å². The summed E-state index contributed by atoms with van der Waals surface area (Å²) in [5.74, 6) is 0.131. The summed E-state index contributed by atoms with van der Waals surface area (Å²) in [6.45, 7) is 3.21. The van der Waals surface area contributed by atoms with Crippen LogP contribution in [0, 0.1) is 5.92 Å². The molecule has 1 amide bonds. The zero-order chi connectivity index (χ0) is 18.6. The number of thiophene rings is 1. The van der Waals surface area contributed by atoms with E-state index in [1.54, 1.807) is 46.0 Å². The summed E-state index contributed by atoms with van der Waals surface area (Å²) in [6, 6.07) is 10.2. The number of hydrogen-bond acceptors (Lipinski definition) is 4. The maximum absolute atomic E-state index is 12.7. The molecule has 5 nitrogen and oxygen atoms in total. The van der Waals surface area contributed by atoms with Crippen LogP contribution in [0.25, 0.3) is 6.08 Å². The molecule has 0 radical (unpaired) electrons. The molecule has 1 unspecified atom stereocenters. The number of carbonyl (C=O) groups is 1. The predicted molar refractivity (Wildman–Crippen MR) is 106 cm³/mol. The van der Waals surface area contributed by atoms with Crippen molar-refractivity contribution in [3.8, 4) is 0 Å². The van der Waals surface area contributed by atoms with Crippen molar-refractivity contribution < 1.29 is 13.2 Å². The third-order valence-electron chi connectivity index (χ3n) is 4.32. The van der Waals surface area contributed by atoms with Crippen molar-refractivity contribution in [3.05, 3.63) is 52.7 Å². The van der Waals surface area contributed by atoms with Crippen molar-refractivity contribution in [1.29, 1.82) is 0 Å². The molecule has 1 saturated heterocycles. The molecule has 1 aliphatic heterocycles. The Morgan fingerprint density at radius 1 is 1.27 bits per heavy atom. The van der Waals surface area contributed by atoms with Crippen LogP contribution in [0.4, 0.5) is 5.69 Å². The lowest BCUT2D eigenvalue weighted by molar-refractivity contribution is -0.111. The Kier molecular flexibility index (Phi) is 5.90. The minimum Gasteiger partial charge on any atom is -0.323 e. The van der Waals surface area contributed by atoms with Crippen LogP contribution in [0.5, 0.6) is 0 Å². The number of hydrogen-bond donors (Lipinski definition) is 1. The average Bonchev–Trinajstić information content (AvgIpc) is 3.14. The maximum Gasteiger partial charge on any atom is 0.248 e. The molecule has 0 saturated carbocycles.